The first kappa shape index (κ1) is 19.2. The number of ether oxygens (including phenoxy) is 2. The second-order valence-electron chi connectivity index (χ2n) is 6.46. The van der Waals surface area contributed by atoms with Crippen molar-refractivity contribution in [3.05, 3.63) is 57.9 Å². The van der Waals surface area contributed by atoms with Crippen LogP contribution in [0.4, 0.5) is 5.95 Å². The Hall–Kier alpha value is -3.13. The fraction of sp³-hybridized carbons (Fsp3) is 0.286. The lowest BCUT2D eigenvalue weighted by atomic mass is 10.0. The highest BCUT2D eigenvalue weighted by Gasteiger charge is 2.35. The molecule has 1 unspecified atom stereocenters. The van der Waals surface area contributed by atoms with Gasteiger partial charge in [-0.15, -0.1) is 16.4 Å². The standard InChI is InChI=1S/C21H22N4O3S/c1-4-27-15-10-8-14(9-11-15)19-23-21-22-13(3)17(20(26)28-5-2)18(25(21)24-19)16-7-6-12-29-16/h6-12,18H,4-5H2,1-3H3,(H,22,23,24). The molecule has 0 radical (unpaired) electrons. The van der Waals surface area contributed by atoms with E-state index in [9.17, 15) is 4.79 Å². The molecule has 7 nitrogen and oxygen atoms in total. The molecular weight excluding hydrogens is 388 g/mol. The Balaban J connectivity index is 1.76. The van der Waals surface area contributed by atoms with E-state index in [0.717, 1.165) is 21.9 Å². The van der Waals surface area contributed by atoms with Gasteiger partial charge in [-0.2, -0.15) is 4.98 Å². The summed E-state index contributed by atoms with van der Waals surface area (Å²) >= 11 is 1.57. The molecule has 150 valence electrons. The molecule has 3 heterocycles. The number of hydrogen-bond acceptors (Lipinski definition) is 7. The van der Waals surface area contributed by atoms with Crippen LogP contribution in [0.5, 0.6) is 5.75 Å². The van der Waals surface area contributed by atoms with Gasteiger partial charge >= 0.3 is 5.97 Å². The Labute approximate surface area is 173 Å². The van der Waals surface area contributed by atoms with Crippen LogP contribution in [0, 0.1) is 0 Å². The number of allylic oxidation sites excluding steroid dienone is 1. The predicted octanol–water partition coefficient (Wildman–Crippen LogP) is 4.26. The largest absolute Gasteiger partial charge is 0.494 e. The van der Waals surface area contributed by atoms with Gasteiger partial charge in [0.05, 0.1) is 18.8 Å². The second-order valence-corrected chi connectivity index (χ2v) is 7.44. The zero-order chi connectivity index (χ0) is 20.4. The Morgan fingerprint density at radius 1 is 1.21 bits per heavy atom. The molecule has 0 fully saturated rings. The summed E-state index contributed by atoms with van der Waals surface area (Å²) in [6.07, 6.45) is 0. The molecule has 3 aromatic rings. The number of fused-ring (bicyclic) bond motifs is 1. The first-order valence-corrected chi connectivity index (χ1v) is 10.4. The van der Waals surface area contributed by atoms with Crippen molar-refractivity contribution in [3.63, 3.8) is 0 Å². The quantitative estimate of drug-likeness (QED) is 0.612. The number of rotatable bonds is 6. The average Bonchev–Trinajstić information content (AvgIpc) is 3.38. The summed E-state index contributed by atoms with van der Waals surface area (Å²) in [6.45, 7) is 6.54. The van der Waals surface area contributed by atoms with Crippen molar-refractivity contribution < 1.29 is 14.3 Å². The minimum absolute atomic E-state index is 0.314. The number of hydrogen-bond donors (Lipinski definition) is 1. The van der Waals surface area contributed by atoms with Crippen LogP contribution in [0.25, 0.3) is 11.4 Å². The summed E-state index contributed by atoms with van der Waals surface area (Å²) in [5.74, 6) is 1.63. The number of nitrogens with zero attached hydrogens (tertiary/aromatic N) is 3. The van der Waals surface area contributed by atoms with E-state index in [4.69, 9.17) is 14.6 Å². The van der Waals surface area contributed by atoms with Gasteiger partial charge in [0.2, 0.25) is 5.95 Å². The van der Waals surface area contributed by atoms with Crippen LogP contribution in [0.15, 0.2) is 53.0 Å². The molecule has 0 bridgehead atoms. The Kier molecular flexibility index (Phi) is 5.35. The normalized spacial score (nSPS) is 15.6. The number of carbonyl (C=O) groups excluding carboxylic acids is 1. The van der Waals surface area contributed by atoms with Crippen LogP contribution < -0.4 is 10.1 Å². The van der Waals surface area contributed by atoms with Crippen LogP contribution in [-0.4, -0.2) is 33.9 Å². The molecule has 0 amide bonds. The number of carbonyl (C=O) groups is 1. The molecule has 29 heavy (non-hydrogen) atoms. The Morgan fingerprint density at radius 2 is 2.00 bits per heavy atom. The summed E-state index contributed by atoms with van der Waals surface area (Å²) in [4.78, 5) is 18.4. The third kappa shape index (κ3) is 3.63. The maximum Gasteiger partial charge on any atom is 0.338 e. The molecule has 0 saturated heterocycles. The minimum Gasteiger partial charge on any atom is -0.494 e. The molecular formula is C21H22N4O3S. The van der Waals surface area contributed by atoms with Crippen molar-refractivity contribution >= 4 is 23.3 Å². The van der Waals surface area contributed by atoms with Crippen LogP contribution >= 0.6 is 11.3 Å². The number of aromatic nitrogens is 3. The number of esters is 1. The molecule has 0 aliphatic carbocycles. The SMILES string of the molecule is CCOC(=O)C1=C(C)Nc2nc(-c3ccc(OCC)cc3)nn2C1c1cccs1. The van der Waals surface area contributed by atoms with Crippen molar-refractivity contribution in [1.82, 2.24) is 14.8 Å². The summed E-state index contributed by atoms with van der Waals surface area (Å²) in [5, 5.41) is 9.92. The summed E-state index contributed by atoms with van der Waals surface area (Å²) in [5.41, 5.74) is 2.14. The summed E-state index contributed by atoms with van der Waals surface area (Å²) in [6, 6.07) is 11.2. The van der Waals surface area contributed by atoms with Crippen molar-refractivity contribution in [2.24, 2.45) is 0 Å². The lowest BCUT2D eigenvalue weighted by molar-refractivity contribution is -0.139. The molecule has 1 aromatic carbocycles. The van der Waals surface area contributed by atoms with Gasteiger partial charge in [0.25, 0.3) is 0 Å². The fourth-order valence-corrected chi connectivity index (χ4v) is 4.14. The summed E-state index contributed by atoms with van der Waals surface area (Å²) < 4.78 is 12.6. The first-order valence-electron chi connectivity index (χ1n) is 9.50. The van der Waals surface area contributed by atoms with Crippen LogP contribution in [-0.2, 0) is 9.53 Å². The highest BCUT2D eigenvalue weighted by Crippen LogP contribution is 2.38. The smallest absolute Gasteiger partial charge is 0.338 e. The first-order chi connectivity index (χ1) is 14.1. The van der Waals surface area contributed by atoms with Gasteiger partial charge < -0.3 is 14.8 Å². The third-order valence-electron chi connectivity index (χ3n) is 4.58. The average molecular weight is 410 g/mol. The zero-order valence-corrected chi connectivity index (χ0v) is 17.3. The zero-order valence-electron chi connectivity index (χ0n) is 16.5. The molecule has 1 aliphatic heterocycles. The monoisotopic (exact) mass is 410 g/mol. The molecule has 1 atom stereocenters. The van der Waals surface area contributed by atoms with E-state index in [1.54, 1.807) is 22.9 Å². The van der Waals surface area contributed by atoms with E-state index in [2.05, 4.69) is 10.3 Å². The van der Waals surface area contributed by atoms with Crippen LogP contribution in [0.3, 0.4) is 0 Å². The van der Waals surface area contributed by atoms with E-state index >= 15 is 0 Å². The number of anilines is 1. The van der Waals surface area contributed by atoms with Crippen molar-refractivity contribution in [3.8, 4) is 17.1 Å². The maximum absolute atomic E-state index is 12.7. The van der Waals surface area contributed by atoms with Gasteiger partial charge in [-0.25, -0.2) is 9.48 Å². The van der Waals surface area contributed by atoms with E-state index < -0.39 is 0 Å². The number of nitrogens with one attached hydrogen (secondary N) is 1. The van der Waals surface area contributed by atoms with Gasteiger partial charge in [0.1, 0.15) is 11.8 Å². The van der Waals surface area contributed by atoms with Gasteiger partial charge in [0.15, 0.2) is 5.82 Å². The van der Waals surface area contributed by atoms with Gasteiger partial charge in [-0.1, -0.05) is 6.07 Å². The number of benzene rings is 1. The minimum atomic E-state index is -0.380. The maximum atomic E-state index is 12.7. The Bertz CT molecular complexity index is 1040. The van der Waals surface area contributed by atoms with Gasteiger partial charge in [-0.05, 0) is 56.5 Å². The predicted molar refractivity (Wildman–Crippen MR) is 112 cm³/mol. The van der Waals surface area contributed by atoms with Gasteiger partial charge in [0, 0.05) is 16.1 Å². The van der Waals surface area contributed by atoms with E-state index in [0.29, 0.717) is 30.6 Å². The molecule has 4 rings (SSSR count). The second kappa shape index (κ2) is 8.08. The van der Waals surface area contributed by atoms with Gasteiger partial charge in [-0.3, -0.25) is 0 Å². The lowest BCUT2D eigenvalue weighted by Crippen LogP contribution is -2.29. The molecule has 8 heteroatoms. The topological polar surface area (TPSA) is 78.3 Å². The molecule has 0 saturated carbocycles. The Morgan fingerprint density at radius 3 is 2.66 bits per heavy atom. The third-order valence-corrected chi connectivity index (χ3v) is 5.51. The fourth-order valence-electron chi connectivity index (χ4n) is 3.32. The van der Waals surface area contributed by atoms with E-state index in [-0.39, 0.29) is 12.0 Å². The number of thiophene rings is 1. The van der Waals surface area contributed by atoms with Crippen LogP contribution in [0.1, 0.15) is 31.7 Å². The van der Waals surface area contributed by atoms with Crippen LogP contribution in [0.2, 0.25) is 0 Å². The highest BCUT2D eigenvalue weighted by atomic mass is 32.1. The molecule has 0 spiro atoms. The van der Waals surface area contributed by atoms with E-state index in [1.807, 2.05) is 55.6 Å². The van der Waals surface area contributed by atoms with E-state index in [1.165, 1.54) is 0 Å². The van der Waals surface area contributed by atoms with Crippen molar-refractivity contribution in [2.45, 2.75) is 26.8 Å². The highest BCUT2D eigenvalue weighted by molar-refractivity contribution is 7.10. The molecule has 2 aromatic heterocycles. The molecule has 1 aliphatic rings. The summed E-state index contributed by atoms with van der Waals surface area (Å²) in [7, 11) is 0. The van der Waals surface area contributed by atoms with Crippen molar-refractivity contribution in [2.75, 3.05) is 18.5 Å². The molecule has 1 N–H and O–H groups in total. The van der Waals surface area contributed by atoms with Crippen molar-refractivity contribution in [1.29, 1.82) is 0 Å². The lowest BCUT2D eigenvalue weighted by Gasteiger charge is -2.27.